The van der Waals surface area contributed by atoms with Crippen LogP contribution < -0.4 is 0 Å². The van der Waals surface area contributed by atoms with Crippen LogP contribution >= 0.6 is 23.5 Å². The molecule has 0 heterocycles. The molecule has 0 spiro atoms. The van der Waals surface area contributed by atoms with Gasteiger partial charge < -0.3 is 15.3 Å². The topological polar surface area (TPSA) is 94.8 Å². The molecular formula is C23H32O5S2. The van der Waals surface area contributed by atoms with Crippen molar-refractivity contribution in [1.29, 1.82) is 0 Å². The van der Waals surface area contributed by atoms with Gasteiger partial charge in [0.15, 0.2) is 0 Å². The third-order valence-electron chi connectivity index (χ3n) is 5.01. The molecule has 7 heteroatoms. The lowest BCUT2D eigenvalue weighted by molar-refractivity contribution is -0.133. The van der Waals surface area contributed by atoms with Crippen LogP contribution in [0.4, 0.5) is 0 Å². The highest BCUT2D eigenvalue weighted by Gasteiger charge is 2.40. The molecule has 0 amide bonds. The first-order valence-corrected chi connectivity index (χ1v) is 12.7. The molecule has 1 aromatic rings. The maximum absolute atomic E-state index is 12.3. The van der Waals surface area contributed by atoms with Gasteiger partial charge in [0.05, 0.1) is 23.2 Å². The SMILES string of the molecule is CCCc1cccc(CC(O)/C=C/[C@H]2[C@H](O)CC(=O)[C@@H]2SCCCSCC(=O)O)c1. The summed E-state index contributed by atoms with van der Waals surface area (Å²) in [4.78, 5) is 22.8. The van der Waals surface area contributed by atoms with Crippen LogP contribution in [-0.2, 0) is 22.4 Å². The van der Waals surface area contributed by atoms with Crippen molar-refractivity contribution >= 4 is 35.3 Å². The number of aliphatic hydroxyl groups is 2. The van der Waals surface area contributed by atoms with Crippen LogP contribution in [0.3, 0.4) is 0 Å². The first kappa shape index (κ1) is 25.0. The van der Waals surface area contributed by atoms with E-state index in [1.54, 1.807) is 12.2 Å². The Bertz CT molecular complexity index is 721. The average Bonchev–Trinajstić information content (AvgIpc) is 2.95. The zero-order chi connectivity index (χ0) is 21.9. The van der Waals surface area contributed by atoms with E-state index < -0.39 is 18.2 Å². The monoisotopic (exact) mass is 452 g/mol. The zero-order valence-electron chi connectivity index (χ0n) is 17.4. The van der Waals surface area contributed by atoms with Gasteiger partial charge in [0, 0.05) is 18.8 Å². The number of carboxylic acids is 1. The first-order valence-electron chi connectivity index (χ1n) is 10.5. The number of hydrogen-bond acceptors (Lipinski definition) is 6. The van der Waals surface area contributed by atoms with Crippen LogP contribution in [0.15, 0.2) is 36.4 Å². The summed E-state index contributed by atoms with van der Waals surface area (Å²) in [5.74, 6) is 0.502. The molecule has 1 unspecified atom stereocenters. The van der Waals surface area contributed by atoms with Gasteiger partial charge >= 0.3 is 5.97 Å². The van der Waals surface area contributed by atoms with Gasteiger partial charge in [0.2, 0.25) is 0 Å². The number of aliphatic hydroxyl groups excluding tert-OH is 2. The second kappa shape index (κ2) is 13.2. The van der Waals surface area contributed by atoms with Gasteiger partial charge in [-0.2, -0.15) is 11.8 Å². The molecule has 0 bridgehead atoms. The molecule has 0 saturated heterocycles. The van der Waals surface area contributed by atoms with Crippen LogP contribution in [0.5, 0.6) is 0 Å². The standard InChI is InChI=1S/C23H32O5S2/c1-2-5-16-6-3-7-17(12-16)13-18(24)8-9-19-20(25)14-21(26)23(19)30-11-4-10-29-15-22(27)28/h3,6-9,12,18-20,23-25H,2,4-5,10-11,13-15H2,1H3,(H,27,28)/b9-8+/t18?,19-,20+,23+/m0/s1. The van der Waals surface area contributed by atoms with Gasteiger partial charge in [0.25, 0.3) is 0 Å². The molecule has 30 heavy (non-hydrogen) atoms. The van der Waals surface area contributed by atoms with E-state index in [4.69, 9.17) is 5.11 Å². The van der Waals surface area contributed by atoms with Gasteiger partial charge in [-0.1, -0.05) is 49.8 Å². The number of thioether (sulfide) groups is 2. The Morgan fingerprint density at radius 3 is 2.80 bits per heavy atom. The molecule has 1 saturated carbocycles. The summed E-state index contributed by atoms with van der Waals surface area (Å²) in [5, 5.41) is 29.1. The molecule has 2 rings (SSSR count). The second-order valence-electron chi connectivity index (χ2n) is 7.63. The fourth-order valence-electron chi connectivity index (χ4n) is 3.61. The summed E-state index contributed by atoms with van der Waals surface area (Å²) in [6.45, 7) is 2.14. The highest BCUT2D eigenvalue weighted by Crippen LogP contribution is 2.34. The number of carboxylic acid groups (broad SMARTS) is 1. The van der Waals surface area contributed by atoms with E-state index in [9.17, 15) is 19.8 Å². The summed E-state index contributed by atoms with van der Waals surface area (Å²) >= 11 is 2.89. The van der Waals surface area contributed by atoms with Gasteiger partial charge in [0.1, 0.15) is 5.78 Å². The maximum atomic E-state index is 12.3. The molecular weight excluding hydrogens is 420 g/mol. The van der Waals surface area contributed by atoms with Crippen molar-refractivity contribution in [2.24, 2.45) is 5.92 Å². The van der Waals surface area contributed by atoms with Crippen LogP contribution in [0.2, 0.25) is 0 Å². The summed E-state index contributed by atoms with van der Waals surface area (Å²) in [5.41, 5.74) is 2.34. The molecule has 1 aliphatic rings. The minimum atomic E-state index is -0.817. The summed E-state index contributed by atoms with van der Waals surface area (Å²) in [7, 11) is 0. The van der Waals surface area contributed by atoms with Crippen LogP contribution in [0.25, 0.3) is 0 Å². The number of hydrogen-bond donors (Lipinski definition) is 3. The van der Waals surface area contributed by atoms with Gasteiger partial charge in [-0.3, -0.25) is 9.59 Å². The van der Waals surface area contributed by atoms with Crippen LogP contribution in [0, 0.1) is 5.92 Å². The Kier molecular flexibility index (Phi) is 11.0. The van der Waals surface area contributed by atoms with Crippen molar-refractivity contribution in [3.05, 3.63) is 47.5 Å². The molecule has 0 aliphatic heterocycles. The van der Waals surface area contributed by atoms with E-state index in [1.165, 1.54) is 29.1 Å². The van der Waals surface area contributed by atoms with Crippen molar-refractivity contribution in [2.75, 3.05) is 17.3 Å². The van der Waals surface area contributed by atoms with E-state index in [1.807, 2.05) is 12.1 Å². The van der Waals surface area contributed by atoms with Crippen molar-refractivity contribution in [1.82, 2.24) is 0 Å². The second-order valence-corrected chi connectivity index (χ2v) is 9.99. The minimum absolute atomic E-state index is 0.0436. The summed E-state index contributed by atoms with van der Waals surface area (Å²) in [6, 6.07) is 8.23. The van der Waals surface area contributed by atoms with Gasteiger partial charge in [-0.05, 0) is 35.5 Å². The molecule has 0 radical (unpaired) electrons. The predicted octanol–water partition coefficient (Wildman–Crippen LogP) is 3.36. The summed E-state index contributed by atoms with van der Waals surface area (Å²) in [6.07, 6.45) is 5.69. The largest absolute Gasteiger partial charge is 0.481 e. The van der Waals surface area contributed by atoms with Crippen molar-refractivity contribution in [2.45, 2.75) is 56.5 Å². The number of rotatable bonds is 13. The van der Waals surface area contributed by atoms with Gasteiger partial charge in [-0.15, -0.1) is 11.8 Å². The van der Waals surface area contributed by atoms with E-state index in [-0.39, 0.29) is 29.1 Å². The Labute approximate surface area is 187 Å². The van der Waals surface area contributed by atoms with Crippen molar-refractivity contribution < 1.29 is 24.9 Å². The Hall–Kier alpha value is -1.28. The van der Waals surface area contributed by atoms with Crippen molar-refractivity contribution in [3.63, 3.8) is 0 Å². The third kappa shape index (κ3) is 8.46. The highest BCUT2D eigenvalue weighted by atomic mass is 32.2. The Morgan fingerprint density at radius 1 is 1.30 bits per heavy atom. The predicted molar refractivity (Wildman–Crippen MR) is 124 cm³/mol. The maximum Gasteiger partial charge on any atom is 0.313 e. The van der Waals surface area contributed by atoms with E-state index in [2.05, 4.69) is 19.1 Å². The smallest absolute Gasteiger partial charge is 0.313 e. The lowest BCUT2D eigenvalue weighted by Crippen LogP contribution is -2.22. The third-order valence-corrected chi connectivity index (χ3v) is 7.50. The normalized spacial score (nSPS) is 22.6. The molecule has 1 fully saturated rings. The molecule has 4 atom stereocenters. The van der Waals surface area contributed by atoms with E-state index in [0.717, 1.165) is 36.3 Å². The molecule has 1 aliphatic carbocycles. The number of carbonyl (C=O) groups is 2. The fraction of sp³-hybridized carbons (Fsp3) is 0.565. The summed E-state index contributed by atoms with van der Waals surface area (Å²) < 4.78 is 0. The van der Waals surface area contributed by atoms with E-state index >= 15 is 0 Å². The van der Waals surface area contributed by atoms with Crippen molar-refractivity contribution in [3.8, 4) is 0 Å². The Balaban J connectivity index is 1.85. The van der Waals surface area contributed by atoms with Gasteiger partial charge in [-0.25, -0.2) is 0 Å². The zero-order valence-corrected chi connectivity index (χ0v) is 19.0. The van der Waals surface area contributed by atoms with E-state index in [0.29, 0.717) is 6.42 Å². The lowest BCUT2D eigenvalue weighted by Gasteiger charge is -2.17. The molecule has 166 valence electrons. The highest BCUT2D eigenvalue weighted by molar-refractivity contribution is 8.01. The first-order chi connectivity index (χ1) is 14.4. The number of aryl methyl sites for hydroxylation is 1. The van der Waals surface area contributed by atoms with Crippen LogP contribution in [-0.4, -0.2) is 61.8 Å². The minimum Gasteiger partial charge on any atom is -0.481 e. The molecule has 3 N–H and O–H groups in total. The Morgan fingerprint density at radius 2 is 2.07 bits per heavy atom. The number of Topliss-reactive ketones (excluding diaryl/α,β-unsaturated/α-hetero) is 1. The average molecular weight is 453 g/mol. The number of ketones is 1. The molecule has 1 aromatic carbocycles. The number of benzene rings is 1. The number of carbonyl (C=O) groups excluding carboxylic acids is 1. The molecule has 0 aromatic heterocycles. The number of aliphatic carboxylic acids is 1. The molecule has 5 nitrogen and oxygen atoms in total. The fourth-order valence-corrected chi connectivity index (χ4v) is 5.80. The van der Waals surface area contributed by atoms with Crippen LogP contribution in [0.1, 0.15) is 37.3 Å². The lowest BCUT2D eigenvalue weighted by atomic mass is 10.00. The quantitative estimate of drug-likeness (QED) is 0.312.